The van der Waals surface area contributed by atoms with Gasteiger partial charge in [0.15, 0.2) is 0 Å². The van der Waals surface area contributed by atoms with Gasteiger partial charge in [-0.25, -0.2) is 4.79 Å². The SMILES string of the molecule is CCCN(C(=O)N1CCC(CC)(C(=O)O)C1)C(C)C. The van der Waals surface area contributed by atoms with Gasteiger partial charge < -0.3 is 14.9 Å². The van der Waals surface area contributed by atoms with Crippen LogP contribution in [0.25, 0.3) is 0 Å². The number of urea groups is 1. The van der Waals surface area contributed by atoms with Gasteiger partial charge >= 0.3 is 12.0 Å². The maximum absolute atomic E-state index is 12.5. The van der Waals surface area contributed by atoms with Gasteiger partial charge in [0.25, 0.3) is 0 Å². The highest BCUT2D eigenvalue weighted by Gasteiger charge is 2.45. The molecule has 0 aromatic carbocycles. The summed E-state index contributed by atoms with van der Waals surface area (Å²) in [6.07, 6.45) is 2.04. The molecule has 0 aliphatic carbocycles. The van der Waals surface area contributed by atoms with Crippen LogP contribution in [0.3, 0.4) is 0 Å². The second-order valence-electron chi connectivity index (χ2n) is 5.68. The lowest BCUT2D eigenvalue weighted by Gasteiger charge is -2.32. The third kappa shape index (κ3) is 3.19. The minimum atomic E-state index is -0.781. The Bertz CT molecular complexity index is 344. The van der Waals surface area contributed by atoms with E-state index in [2.05, 4.69) is 0 Å². The first-order valence-corrected chi connectivity index (χ1v) is 7.17. The van der Waals surface area contributed by atoms with Crippen LogP contribution in [0.15, 0.2) is 0 Å². The first kappa shape index (κ1) is 15.8. The Labute approximate surface area is 115 Å². The van der Waals surface area contributed by atoms with Crippen molar-refractivity contribution in [2.45, 2.75) is 53.0 Å². The monoisotopic (exact) mass is 270 g/mol. The maximum Gasteiger partial charge on any atom is 0.320 e. The van der Waals surface area contributed by atoms with E-state index < -0.39 is 11.4 Å². The van der Waals surface area contributed by atoms with Crippen molar-refractivity contribution in [3.05, 3.63) is 0 Å². The van der Waals surface area contributed by atoms with Crippen molar-refractivity contribution in [3.63, 3.8) is 0 Å². The number of likely N-dealkylation sites (tertiary alicyclic amines) is 1. The van der Waals surface area contributed by atoms with E-state index in [-0.39, 0.29) is 12.1 Å². The average Bonchev–Trinajstić information content (AvgIpc) is 2.80. The number of rotatable bonds is 5. The van der Waals surface area contributed by atoms with E-state index in [9.17, 15) is 14.7 Å². The third-order valence-corrected chi connectivity index (χ3v) is 4.09. The van der Waals surface area contributed by atoms with Gasteiger partial charge in [-0.05, 0) is 33.1 Å². The highest BCUT2D eigenvalue weighted by Crippen LogP contribution is 2.34. The van der Waals surface area contributed by atoms with Crippen molar-refractivity contribution < 1.29 is 14.7 Å². The fourth-order valence-corrected chi connectivity index (χ4v) is 2.65. The molecule has 1 rings (SSSR count). The molecule has 2 amide bonds. The number of carboxylic acids is 1. The van der Waals surface area contributed by atoms with Crippen LogP contribution < -0.4 is 0 Å². The molecule has 0 bridgehead atoms. The number of aliphatic carboxylic acids is 1. The van der Waals surface area contributed by atoms with Gasteiger partial charge in [0.2, 0.25) is 0 Å². The summed E-state index contributed by atoms with van der Waals surface area (Å²) in [5, 5.41) is 9.36. The summed E-state index contributed by atoms with van der Waals surface area (Å²) in [6.45, 7) is 9.52. The van der Waals surface area contributed by atoms with Gasteiger partial charge in [0.05, 0.1) is 5.41 Å². The highest BCUT2D eigenvalue weighted by atomic mass is 16.4. The Morgan fingerprint density at radius 1 is 1.37 bits per heavy atom. The summed E-state index contributed by atoms with van der Waals surface area (Å²) in [6, 6.07) is 0.127. The summed E-state index contributed by atoms with van der Waals surface area (Å²) in [5.74, 6) is -0.781. The average molecular weight is 270 g/mol. The van der Waals surface area contributed by atoms with E-state index in [0.717, 1.165) is 13.0 Å². The summed E-state index contributed by atoms with van der Waals surface area (Å²) >= 11 is 0. The summed E-state index contributed by atoms with van der Waals surface area (Å²) in [7, 11) is 0. The molecular formula is C14H26N2O3. The lowest BCUT2D eigenvalue weighted by Crippen LogP contribution is -2.47. The molecule has 1 N–H and O–H groups in total. The van der Waals surface area contributed by atoms with E-state index in [1.165, 1.54) is 0 Å². The van der Waals surface area contributed by atoms with Gasteiger partial charge in [-0.15, -0.1) is 0 Å². The Hall–Kier alpha value is -1.26. The minimum Gasteiger partial charge on any atom is -0.481 e. The molecule has 19 heavy (non-hydrogen) atoms. The molecule has 1 saturated heterocycles. The van der Waals surface area contributed by atoms with E-state index in [1.807, 2.05) is 32.6 Å². The molecule has 5 heteroatoms. The predicted octanol–water partition coefficient (Wildman–Crippen LogP) is 2.41. The van der Waals surface area contributed by atoms with Crippen molar-refractivity contribution in [1.29, 1.82) is 0 Å². The van der Waals surface area contributed by atoms with Crippen molar-refractivity contribution in [1.82, 2.24) is 9.80 Å². The van der Waals surface area contributed by atoms with Gasteiger partial charge in [-0.2, -0.15) is 0 Å². The lowest BCUT2D eigenvalue weighted by molar-refractivity contribution is -0.148. The van der Waals surface area contributed by atoms with Crippen LogP contribution in [-0.2, 0) is 4.79 Å². The highest BCUT2D eigenvalue weighted by molar-refractivity contribution is 5.80. The standard InChI is InChI=1S/C14H26N2O3/c1-5-8-16(11(3)4)13(19)15-9-7-14(6-2,10-15)12(17)18/h11H,5-10H2,1-4H3,(H,17,18). The number of nitrogens with zero attached hydrogens (tertiary/aromatic N) is 2. The first-order valence-electron chi connectivity index (χ1n) is 7.17. The molecule has 1 aliphatic heterocycles. The van der Waals surface area contributed by atoms with Crippen molar-refractivity contribution in [3.8, 4) is 0 Å². The summed E-state index contributed by atoms with van der Waals surface area (Å²) in [4.78, 5) is 27.4. The molecule has 1 heterocycles. The molecule has 0 saturated carbocycles. The quantitative estimate of drug-likeness (QED) is 0.834. The van der Waals surface area contributed by atoms with Crippen molar-refractivity contribution >= 4 is 12.0 Å². The Balaban J connectivity index is 2.77. The fourth-order valence-electron chi connectivity index (χ4n) is 2.65. The maximum atomic E-state index is 12.5. The number of carboxylic acid groups (broad SMARTS) is 1. The van der Waals surface area contributed by atoms with Gasteiger partial charge in [-0.1, -0.05) is 13.8 Å². The molecule has 110 valence electrons. The van der Waals surface area contributed by atoms with Crippen molar-refractivity contribution in [2.75, 3.05) is 19.6 Å². The number of hydrogen-bond donors (Lipinski definition) is 1. The minimum absolute atomic E-state index is 0.0200. The van der Waals surface area contributed by atoms with Crippen LogP contribution >= 0.6 is 0 Å². The fraction of sp³-hybridized carbons (Fsp3) is 0.857. The molecule has 0 aromatic heterocycles. The first-order chi connectivity index (χ1) is 8.88. The Morgan fingerprint density at radius 3 is 2.37 bits per heavy atom. The third-order valence-electron chi connectivity index (χ3n) is 4.09. The van der Waals surface area contributed by atoms with Crippen LogP contribution in [0.2, 0.25) is 0 Å². The number of carbonyl (C=O) groups excluding carboxylic acids is 1. The van der Waals surface area contributed by atoms with Gasteiger partial charge in [-0.3, -0.25) is 4.79 Å². The molecule has 0 aromatic rings. The molecule has 1 unspecified atom stereocenters. The Morgan fingerprint density at radius 2 is 2.00 bits per heavy atom. The molecule has 1 fully saturated rings. The largest absolute Gasteiger partial charge is 0.481 e. The van der Waals surface area contributed by atoms with Crippen LogP contribution in [0.4, 0.5) is 4.79 Å². The normalized spacial score (nSPS) is 22.9. The van der Waals surface area contributed by atoms with Crippen LogP contribution in [-0.4, -0.2) is 52.6 Å². The van der Waals surface area contributed by atoms with Crippen molar-refractivity contribution in [2.24, 2.45) is 5.41 Å². The molecular weight excluding hydrogens is 244 g/mol. The predicted molar refractivity (Wildman–Crippen MR) is 74.1 cm³/mol. The van der Waals surface area contributed by atoms with E-state index in [1.54, 1.807) is 4.90 Å². The van der Waals surface area contributed by atoms with E-state index in [0.29, 0.717) is 25.9 Å². The summed E-state index contributed by atoms with van der Waals surface area (Å²) in [5.41, 5.74) is -0.746. The summed E-state index contributed by atoms with van der Waals surface area (Å²) < 4.78 is 0. The molecule has 1 aliphatic rings. The smallest absolute Gasteiger partial charge is 0.320 e. The zero-order valence-corrected chi connectivity index (χ0v) is 12.5. The second-order valence-corrected chi connectivity index (χ2v) is 5.68. The van der Waals surface area contributed by atoms with E-state index in [4.69, 9.17) is 0 Å². The molecule has 1 atom stereocenters. The number of carbonyl (C=O) groups is 2. The van der Waals surface area contributed by atoms with Gasteiger partial charge in [0.1, 0.15) is 0 Å². The van der Waals surface area contributed by atoms with E-state index >= 15 is 0 Å². The zero-order valence-electron chi connectivity index (χ0n) is 12.5. The van der Waals surface area contributed by atoms with Crippen LogP contribution in [0, 0.1) is 5.41 Å². The second kappa shape index (κ2) is 6.26. The molecule has 0 radical (unpaired) electrons. The number of amides is 2. The number of hydrogen-bond acceptors (Lipinski definition) is 2. The Kier molecular flexibility index (Phi) is 5.20. The molecule has 0 spiro atoms. The zero-order chi connectivity index (χ0) is 14.6. The van der Waals surface area contributed by atoms with Crippen LogP contribution in [0.5, 0.6) is 0 Å². The lowest BCUT2D eigenvalue weighted by atomic mass is 9.84. The topological polar surface area (TPSA) is 60.9 Å². The molecule has 5 nitrogen and oxygen atoms in total. The van der Waals surface area contributed by atoms with Gasteiger partial charge in [0, 0.05) is 25.7 Å². The van der Waals surface area contributed by atoms with Crippen LogP contribution in [0.1, 0.15) is 47.0 Å².